The molecule has 30 heavy (non-hydrogen) atoms. The van der Waals surface area contributed by atoms with Crippen LogP contribution in [0, 0.1) is 5.92 Å². The molecule has 0 bridgehead atoms. The Morgan fingerprint density at radius 3 is 2.67 bits per heavy atom. The third-order valence-electron chi connectivity index (χ3n) is 6.57. The summed E-state index contributed by atoms with van der Waals surface area (Å²) >= 11 is 0. The summed E-state index contributed by atoms with van der Waals surface area (Å²) in [6.07, 6.45) is 7.75. The predicted molar refractivity (Wildman–Crippen MR) is 139 cm³/mol. The van der Waals surface area contributed by atoms with E-state index in [1.54, 1.807) is 0 Å². The molecule has 2 heterocycles. The molecule has 2 unspecified atom stereocenters. The SMILES string of the molecule is CN=C(NCCCN1CCCCC1C)NCC1CCN(CCc2ccccc2)C1.I. The minimum absolute atomic E-state index is 0. The van der Waals surface area contributed by atoms with E-state index in [4.69, 9.17) is 0 Å². The van der Waals surface area contributed by atoms with Crippen LogP contribution in [0.1, 0.15) is 44.6 Å². The van der Waals surface area contributed by atoms with E-state index >= 15 is 0 Å². The molecular formula is C24H42IN5. The molecule has 2 fully saturated rings. The predicted octanol–water partition coefficient (Wildman–Crippen LogP) is 3.60. The first kappa shape index (κ1) is 25.4. The van der Waals surface area contributed by atoms with Crippen molar-refractivity contribution < 1.29 is 0 Å². The molecule has 2 aliphatic rings. The van der Waals surface area contributed by atoms with Crippen LogP contribution in [0.5, 0.6) is 0 Å². The van der Waals surface area contributed by atoms with E-state index < -0.39 is 0 Å². The number of piperidine rings is 1. The highest BCUT2D eigenvalue weighted by Gasteiger charge is 2.22. The van der Waals surface area contributed by atoms with Crippen molar-refractivity contribution in [2.45, 2.75) is 51.5 Å². The van der Waals surface area contributed by atoms with E-state index in [1.165, 1.54) is 70.4 Å². The summed E-state index contributed by atoms with van der Waals surface area (Å²) in [5, 5.41) is 7.06. The summed E-state index contributed by atoms with van der Waals surface area (Å²) in [6, 6.07) is 11.6. The van der Waals surface area contributed by atoms with Gasteiger partial charge in [-0.2, -0.15) is 0 Å². The maximum absolute atomic E-state index is 4.41. The third kappa shape index (κ3) is 8.71. The maximum Gasteiger partial charge on any atom is 0.190 e. The van der Waals surface area contributed by atoms with E-state index in [0.717, 1.165) is 37.4 Å². The number of rotatable bonds is 9. The Hall–Kier alpha value is -0.860. The lowest BCUT2D eigenvalue weighted by Crippen LogP contribution is -2.42. The van der Waals surface area contributed by atoms with Gasteiger partial charge in [0.25, 0.3) is 0 Å². The maximum atomic E-state index is 4.41. The minimum atomic E-state index is 0. The summed E-state index contributed by atoms with van der Waals surface area (Å²) in [5.74, 6) is 1.68. The van der Waals surface area contributed by atoms with E-state index in [-0.39, 0.29) is 24.0 Å². The zero-order valence-corrected chi connectivity index (χ0v) is 21.3. The van der Waals surface area contributed by atoms with Crippen LogP contribution < -0.4 is 10.6 Å². The molecule has 6 heteroatoms. The van der Waals surface area contributed by atoms with Gasteiger partial charge in [0.2, 0.25) is 0 Å². The minimum Gasteiger partial charge on any atom is -0.356 e. The molecule has 1 aromatic carbocycles. The number of likely N-dealkylation sites (tertiary alicyclic amines) is 2. The monoisotopic (exact) mass is 527 g/mol. The molecule has 2 saturated heterocycles. The second-order valence-electron chi connectivity index (χ2n) is 8.81. The van der Waals surface area contributed by atoms with Gasteiger partial charge in [-0.25, -0.2) is 0 Å². The van der Waals surface area contributed by atoms with Crippen LogP contribution in [-0.2, 0) is 6.42 Å². The average molecular weight is 528 g/mol. The number of guanidine groups is 1. The number of halogens is 1. The van der Waals surface area contributed by atoms with Crippen molar-refractivity contribution in [1.29, 1.82) is 0 Å². The van der Waals surface area contributed by atoms with Gasteiger partial charge in [-0.05, 0) is 63.6 Å². The molecule has 0 amide bonds. The first-order chi connectivity index (χ1) is 14.2. The van der Waals surface area contributed by atoms with Gasteiger partial charge < -0.3 is 20.4 Å². The largest absolute Gasteiger partial charge is 0.356 e. The summed E-state index contributed by atoms with van der Waals surface area (Å²) in [7, 11) is 1.88. The highest BCUT2D eigenvalue weighted by Crippen LogP contribution is 2.17. The lowest BCUT2D eigenvalue weighted by atomic mass is 10.0. The van der Waals surface area contributed by atoms with Crippen LogP contribution in [0.4, 0.5) is 0 Å². The lowest BCUT2D eigenvalue weighted by Gasteiger charge is -2.33. The van der Waals surface area contributed by atoms with Gasteiger partial charge in [-0.3, -0.25) is 4.99 Å². The molecule has 2 aliphatic heterocycles. The van der Waals surface area contributed by atoms with E-state index in [0.29, 0.717) is 0 Å². The summed E-state index contributed by atoms with van der Waals surface area (Å²) in [4.78, 5) is 9.66. The van der Waals surface area contributed by atoms with Crippen LogP contribution in [0.2, 0.25) is 0 Å². The Balaban J connectivity index is 0.00000320. The Bertz CT molecular complexity index is 609. The molecule has 5 nitrogen and oxygen atoms in total. The normalized spacial score (nSPS) is 23.2. The van der Waals surface area contributed by atoms with Crippen molar-refractivity contribution in [3.63, 3.8) is 0 Å². The molecule has 0 radical (unpaired) electrons. The molecule has 3 rings (SSSR count). The Labute approximate surface area is 201 Å². The molecule has 0 aromatic heterocycles. The van der Waals surface area contributed by atoms with Gasteiger partial charge >= 0.3 is 0 Å². The molecule has 0 saturated carbocycles. The average Bonchev–Trinajstić information content (AvgIpc) is 3.21. The highest BCUT2D eigenvalue weighted by atomic mass is 127. The fraction of sp³-hybridized carbons (Fsp3) is 0.708. The van der Waals surface area contributed by atoms with Gasteiger partial charge in [-0.1, -0.05) is 36.8 Å². The molecule has 2 atom stereocenters. The zero-order valence-electron chi connectivity index (χ0n) is 19.0. The molecule has 2 N–H and O–H groups in total. The Morgan fingerprint density at radius 1 is 1.07 bits per heavy atom. The van der Waals surface area contributed by atoms with Crippen LogP contribution in [0.3, 0.4) is 0 Å². The number of aliphatic imine (C=N–C) groups is 1. The molecular weight excluding hydrogens is 485 g/mol. The van der Waals surface area contributed by atoms with Crippen molar-refractivity contribution in [1.82, 2.24) is 20.4 Å². The number of hydrogen-bond donors (Lipinski definition) is 2. The van der Waals surface area contributed by atoms with Crippen molar-refractivity contribution >= 4 is 29.9 Å². The molecule has 0 aliphatic carbocycles. The van der Waals surface area contributed by atoms with Crippen LogP contribution >= 0.6 is 24.0 Å². The number of hydrogen-bond acceptors (Lipinski definition) is 3. The van der Waals surface area contributed by atoms with E-state index in [9.17, 15) is 0 Å². The van der Waals surface area contributed by atoms with Crippen LogP contribution in [-0.4, -0.2) is 74.7 Å². The van der Waals surface area contributed by atoms with E-state index in [1.807, 2.05) is 7.05 Å². The summed E-state index contributed by atoms with van der Waals surface area (Å²) < 4.78 is 0. The number of benzene rings is 1. The van der Waals surface area contributed by atoms with Crippen LogP contribution in [0.25, 0.3) is 0 Å². The number of nitrogens with zero attached hydrogens (tertiary/aromatic N) is 3. The number of nitrogens with one attached hydrogen (secondary N) is 2. The standard InChI is InChI=1S/C24H41N5.HI/c1-21-9-6-7-15-29(21)16-8-14-26-24(25-2)27-19-23-13-18-28(20-23)17-12-22-10-4-3-5-11-22;/h3-5,10-11,21,23H,6-9,12-20H2,1-2H3,(H2,25,26,27);1H. The van der Waals surface area contributed by atoms with Crippen LogP contribution in [0.15, 0.2) is 35.3 Å². The van der Waals surface area contributed by atoms with Gasteiger partial charge in [0.1, 0.15) is 0 Å². The third-order valence-corrected chi connectivity index (χ3v) is 6.57. The molecule has 0 spiro atoms. The fourth-order valence-electron chi connectivity index (χ4n) is 4.65. The topological polar surface area (TPSA) is 42.9 Å². The Kier molecular flexibility index (Phi) is 12.1. The molecule has 170 valence electrons. The van der Waals surface area contributed by atoms with Crippen molar-refractivity contribution in [3.05, 3.63) is 35.9 Å². The smallest absolute Gasteiger partial charge is 0.190 e. The summed E-state index contributed by atoms with van der Waals surface area (Å²) in [6.45, 7) is 10.4. The van der Waals surface area contributed by atoms with Gasteiger partial charge in [0.05, 0.1) is 0 Å². The summed E-state index contributed by atoms with van der Waals surface area (Å²) in [5.41, 5.74) is 1.44. The first-order valence-electron chi connectivity index (χ1n) is 11.7. The van der Waals surface area contributed by atoms with Crippen molar-refractivity contribution in [2.24, 2.45) is 10.9 Å². The fourth-order valence-corrected chi connectivity index (χ4v) is 4.65. The van der Waals surface area contributed by atoms with Gasteiger partial charge in [-0.15, -0.1) is 24.0 Å². The van der Waals surface area contributed by atoms with E-state index in [2.05, 4.69) is 62.7 Å². The second-order valence-corrected chi connectivity index (χ2v) is 8.81. The molecule has 1 aromatic rings. The zero-order chi connectivity index (χ0) is 20.3. The van der Waals surface area contributed by atoms with Crippen molar-refractivity contribution in [2.75, 3.05) is 52.9 Å². The lowest BCUT2D eigenvalue weighted by molar-refractivity contribution is 0.159. The quantitative estimate of drug-likeness (QED) is 0.223. The highest BCUT2D eigenvalue weighted by molar-refractivity contribution is 14.0. The van der Waals surface area contributed by atoms with Gasteiger partial charge in [0.15, 0.2) is 5.96 Å². The van der Waals surface area contributed by atoms with Gasteiger partial charge in [0, 0.05) is 45.8 Å². The first-order valence-corrected chi connectivity index (χ1v) is 11.7. The second kappa shape index (κ2) is 14.2. The van der Waals surface area contributed by atoms with Crippen molar-refractivity contribution in [3.8, 4) is 0 Å². The Morgan fingerprint density at radius 2 is 1.90 bits per heavy atom.